The topological polar surface area (TPSA) is 180 Å². The number of hydrogen-bond donors (Lipinski definition) is 1. The number of hydrazone groups is 1. The number of hydrogen-bond acceptors (Lipinski definition) is 11. The minimum absolute atomic E-state index is 0.0853. The van der Waals surface area contributed by atoms with Crippen LogP contribution in [0.3, 0.4) is 0 Å². The summed E-state index contributed by atoms with van der Waals surface area (Å²) in [5, 5.41) is 37.5. The third-order valence-electron chi connectivity index (χ3n) is 3.72. The lowest BCUT2D eigenvalue weighted by Gasteiger charge is -2.05. The van der Waals surface area contributed by atoms with Crippen LogP contribution in [0.4, 0.5) is 22.7 Å². The molecule has 0 saturated heterocycles. The molecule has 31 heavy (non-hydrogen) atoms. The van der Waals surface area contributed by atoms with Crippen LogP contribution >= 0.6 is 11.8 Å². The van der Waals surface area contributed by atoms with E-state index in [-0.39, 0.29) is 11.4 Å². The Kier molecular flexibility index (Phi) is 6.42. The summed E-state index contributed by atoms with van der Waals surface area (Å²) < 4.78 is 0. The molecule has 0 radical (unpaired) electrons. The highest BCUT2D eigenvalue weighted by molar-refractivity contribution is 7.99. The van der Waals surface area contributed by atoms with Gasteiger partial charge in [0, 0.05) is 41.1 Å². The Morgan fingerprint density at radius 3 is 2.19 bits per heavy atom. The Balaban J connectivity index is 1.90. The first-order valence-corrected chi connectivity index (χ1v) is 9.12. The molecule has 0 amide bonds. The van der Waals surface area contributed by atoms with Gasteiger partial charge >= 0.3 is 5.69 Å². The van der Waals surface area contributed by atoms with Crippen molar-refractivity contribution >= 4 is 40.7 Å². The molecule has 3 aromatic rings. The summed E-state index contributed by atoms with van der Waals surface area (Å²) in [5.41, 5.74) is 1.53. The zero-order valence-electron chi connectivity index (χ0n) is 15.3. The van der Waals surface area contributed by atoms with Crippen LogP contribution in [0.2, 0.25) is 0 Å². The number of anilines is 1. The monoisotopic (exact) mass is 441 g/mol. The van der Waals surface area contributed by atoms with E-state index in [0.717, 1.165) is 30.0 Å². The van der Waals surface area contributed by atoms with Gasteiger partial charge in [-0.25, -0.2) is 9.97 Å². The number of nitrogens with one attached hydrogen (secondary N) is 1. The summed E-state index contributed by atoms with van der Waals surface area (Å²) in [6.07, 6.45) is 4.33. The molecule has 0 bridgehead atoms. The van der Waals surface area contributed by atoms with Crippen molar-refractivity contribution in [3.05, 3.63) is 90.8 Å². The molecule has 1 heterocycles. The van der Waals surface area contributed by atoms with Gasteiger partial charge in [0.05, 0.1) is 27.1 Å². The summed E-state index contributed by atoms with van der Waals surface area (Å²) in [7, 11) is 0. The van der Waals surface area contributed by atoms with Crippen molar-refractivity contribution in [2.24, 2.45) is 5.10 Å². The molecule has 0 atom stereocenters. The molecule has 1 aromatic heterocycles. The second kappa shape index (κ2) is 9.36. The van der Waals surface area contributed by atoms with Crippen LogP contribution in [0.15, 0.2) is 70.0 Å². The largest absolute Gasteiger partial charge is 0.301 e. The predicted octanol–water partition coefficient (Wildman–Crippen LogP) is 3.80. The van der Waals surface area contributed by atoms with Crippen molar-refractivity contribution in [3.63, 3.8) is 0 Å². The van der Waals surface area contributed by atoms with Crippen LogP contribution in [-0.2, 0) is 0 Å². The van der Waals surface area contributed by atoms with Gasteiger partial charge in [-0.3, -0.25) is 35.8 Å². The van der Waals surface area contributed by atoms with Gasteiger partial charge in [0.25, 0.3) is 11.4 Å². The second-order valence-electron chi connectivity index (χ2n) is 5.70. The summed E-state index contributed by atoms with van der Waals surface area (Å²) in [5.74, 6) is 0. The molecule has 0 fully saturated rings. The minimum atomic E-state index is -0.785. The normalized spacial score (nSPS) is 10.7. The van der Waals surface area contributed by atoms with Crippen molar-refractivity contribution < 1.29 is 14.8 Å². The van der Waals surface area contributed by atoms with E-state index in [1.807, 2.05) is 0 Å². The molecule has 156 valence electrons. The van der Waals surface area contributed by atoms with E-state index in [9.17, 15) is 30.3 Å². The van der Waals surface area contributed by atoms with Crippen LogP contribution in [0.1, 0.15) is 5.56 Å². The van der Waals surface area contributed by atoms with Gasteiger partial charge in [0.2, 0.25) is 0 Å². The Morgan fingerprint density at radius 2 is 1.55 bits per heavy atom. The van der Waals surface area contributed by atoms with E-state index in [0.29, 0.717) is 15.6 Å². The summed E-state index contributed by atoms with van der Waals surface area (Å²) in [6.45, 7) is 0. The molecule has 2 aromatic carbocycles. The number of nitro benzene ring substituents is 3. The van der Waals surface area contributed by atoms with Crippen LogP contribution in [0.25, 0.3) is 0 Å². The maximum atomic E-state index is 11.2. The van der Waals surface area contributed by atoms with E-state index in [1.165, 1.54) is 24.4 Å². The van der Waals surface area contributed by atoms with Gasteiger partial charge < -0.3 is 0 Å². The van der Waals surface area contributed by atoms with Crippen molar-refractivity contribution in [2.45, 2.75) is 10.1 Å². The molecule has 0 unspecified atom stereocenters. The van der Waals surface area contributed by atoms with Crippen molar-refractivity contribution in [1.82, 2.24) is 9.97 Å². The predicted molar refractivity (Wildman–Crippen MR) is 110 cm³/mol. The van der Waals surface area contributed by atoms with Gasteiger partial charge in [-0.2, -0.15) is 5.10 Å². The average molecular weight is 441 g/mol. The molecule has 13 nitrogen and oxygen atoms in total. The number of rotatable bonds is 8. The van der Waals surface area contributed by atoms with Crippen LogP contribution in [-0.4, -0.2) is 31.0 Å². The fraction of sp³-hybridized carbons (Fsp3) is 0. The van der Waals surface area contributed by atoms with E-state index >= 15 is 0 Å². The van der Waals surface area contributed by atoms with Crippen LogP contribution < -0.4 is 5.43 Å². The van der Waals surface area contributed by atoms with E-state index < -0.39 is 26.1 Å². The molecule has 0 aliphatic heterocycles. The van der Waals surface area contributed by atoms with Gasteiger partial charge in [-0.05, 0) is 30.0 Å². The Bertz CT molecular complexity index is 1190. The number of nitrogens with zero attached hydrogens (tertiary/aromatic N) is 6. The Labute approximate surface area is 177 Å². The lowest BCUT2D eigenvalue weighted by Crippen LogP contribution is -1.99. The highest BCUT2D eigenvalue weighted by atomic mass is 32.2. The maximum Gasteiger partial charge on any atom is 0.301 e. The van der Waals surface area contributed by atoms with Gasteiger partial charge in [0.15, 0.2) is 5.16 Å². The highest BCUT2D eigenvalue weighted by Gasteiger charge is 2.19. The smallest absolute Gasteiger partial charge is 0.272 e. The molecule has 0 aliphatic rings. The van der Waals surface area contributed by atoms with Crippen molar-refractivity contribution in [1.29, 1.82) is 0 Å². The lowest BCUT2D eigenvalue weighted by atomic mass is 10.2. The van der Waals surface area contributed by atoms with E-state index in [2.05, 4.69) is 20.5 Å². The first-order chi connectivity index (χ1) is 14.8. The number of aromatic nitrogens is 2. The molecular formula is C17H11N7O6S. The molecule has 0 spiro atoms. The van der Waals surface area contributed by atoms with E-state index in [4.69, 9.17) is 0 Å². The quantitative estimate of drug-likeness (QED) is 0.234. The zero-order valence-corrected chi connectivity index (χ0v) is 16.1. The lowest BCUT2D eigenvalue weighted by molar-refractivity contribution is -0.393. The van der Waals surface area contributed by atoms with Crippen LogP contribution in [0, 0.1) is 30.3 Å². The Morgan fingerprint density at radius 1 is 0.903 bits per heavy atom. The minimum Gasteiger partial charge on any atom is -0.272 e. The zero-order chi connectivity index (χ0) is 22.4. The molecule has 0 saturated carbocycles. The summed E-state index contributed by atoms with van der Waals surface area (Å²) in [6, 6.07) is 8.79. The Hall–Kier alpha value is -4.46. The first-order valence-electron chi connectivity index (χ1n) is 8.30. The number of nitro groups is 3. The third-order valence-corrected chi connectivity index (χ3v) is 4.71. The fourth-order valence-corrected chi connectivity index (χ4v) is 3.12. The van der Waals surface area contributed by atoms with Crippen LogP contribution in [0.5, 0.6) is 0 Å². The highest BCUT2D eigenvalue weighted by Crippen LogP contribution is 2.31. The van der Waals surface area contributed by atoms with E-state index in [1.54, 1.807) is 18.5 Å². The number of benzene rings is 2. The van der Waals surface area contributed by atoms with Crippen molar-refractivity contribution in [3.8, 4) is 0 Å². The molecular weight excluding hydrogens is 430 g/mol. The SMILES string of the molecule is O=[N+]([O-])c1ccc(Sc2ncccn2)c(/C=N\Nc2ccc([N+](=O)[O-])cc2[N+](=O)[O-])c1. The number of non-ortho nitro benzene ring substituents is 2. The molecule has 14 heteroatoms. The molecule has 1 N–H and O–H groups in total. The average Bonchev–Trinajstić information content (AvgIpc) is 2.75. The molecule has 0 aliphatic carbocycles. The van der Waals surface area contributed by atoms with Crippen molar-refractivity contribution in [2.75, 3.05) is 5.43 Å². The summed E-state index contributed by atoms with van der Waals surface area (Å²) in [4.78, 5) is 39.8. The summed E-state index contributed by atoms with van der Waals surface area (Å²) >= 11 is 1.15. The van der Waals surface area contributed by atoms with Gasteiger partial charge in [-0.15, -0.1) is 0 Å². The standard InChI is InChI=1S/C17H11N7O6S/c25-22(26)12-3-5-16(31-17-18-6-1-7-19-17)11(8-12)10-20-21-14-4-2-13(23(27)28)9-15(14)24(29)30/h1-10,21H/b20-10-. The maximum absolute atomic E-state index is 11.2. The fourth-order valence-electron chi connectivity index (χ4n) is 2.33. The first kappa shape index (κ1) is 21.3. The second-order valence-corrected chi connectivity index (χ2v) is 6.71. The third kappa shape index (κ3) is 5.33. The van der Waals surface area contributed by atoms with Gasteiger partial charge in [0.1, 0.15) is 5.69 Å². The van der Waals surface area contributed by atoms with Gasteiger partial charge in [-0.1, -0.05) is 0 Å². The molecule has 3 rings (SSSR count).